The largest absolute Gasteiger partial charge is 0.208 e. The summed E-state index contributed by atoms with van der Waals surface area (Å²) in [6.07, 6.45) is 0. The minimum atomic E-state index is -0.546. The first kappa shape index (κ1) is 34.0. The highest BCUT2D eigenvalue weighted by atomic mass is 15.5. The number of benzene rings is 9. The van der Waals surface area contributed by atoms with Gasteiger partial charge >= 0.3 is 0 Å². The molecule has 0 saturated heterocycles. The molecule has 9 aromatic carbocycles. The van der Waals surface area contributed by atoms with Crippen molar-refractivity contribution >= 4 is 32.6 Å². The second kappa shape index (κ2) is 13.5. The Morgan fingerprint density at radius 1 is 0.400 bits per heavy atom. The molecule has 0 fully saturated rings. The third-order valence-electron chi connectivity index (χ3n) is 12.0. The van der Waals surface area contributed by atoms with Gasteiger partial charge in [0.05, 0.1) is 11.1 Å². The predicted molar refractivity (Wildman–Crippen MR) is 241 cm³/mol. The van der Waals surface area contributed by atoms with Crippen LogP contribution in [0.15, 0.2) is 206 Å². The SMILES string of the molecule is c1ccc(-c2nc(-c3ccc4ccc5ccc6nn(-c7ccccc7)nc6c5c4c3)nc(-c3cccc4c3-c3ccccc3C4(c3ccccc3)c3ccccc3)n2)cc1. The number of para-hydroxylation sites is 1. The Labute approximate surface area is 346 Å². The molecule has 0 unspecified atom stereocenters. The van der Waals surface area contributed by atoms with Crippen molar-refractivity contribution in [1.82, 2.24) is 29.9 Å². The van der Waals surface area contributed by atoms with Gasteiger partial charge in [-0.3, -0.25) is 0 Å². The molecular formula is C54H34N6. The van der Waals surface area contributed by atoms with E-state index in [1.807, 2.05) is 54.6 Å². The van der Waals surface area contributed by atoms with E-state index < -0.39 is 5.41 Å². The third kappa shape index (κ3) is 5.17. The van der Waals surface area contributed by atoms with E-state index in [-0.39, 0.29) is 0 Å². The second-order valence-electron chi connectivity index (χ2n) is 15.3. The number of rotatable bonds is 6. The van der Waals surface area contributed by atoms with Crippen molar-refractivity contribution in [3.63, 3.8) is 0 Å². The number of hydrogen-bond donors (Lipinski definition) is 0. The Bertz CT molecular complexity index is 3380. The van der Waals surface area contributed by atoms with Crippen LogP contribution >= 0.6 is 0 Å². The highest BCUT2D eigenvalue weighted by Crippen LogP contribution is 2.58. The van der Waals surface area contributed by atoms with Gasteiger partial charge in [0.25, 0.3) is 0 Å². The summed E-state index contributed by atoms with van der Waals surface area (Å²) in [7, 11) is 0. The van der Waals surface area contributed by atoms with Crippen LogP contribution in [0.5, 0.6) is 0 Å². The van der Waals surface area contributed by atoms with E-state index in [4.69, 9.17) is 25.1 Å². The lowest BCUT2D eigenvalue weighted by atomic mass is 9.67. The maximum Gasteiger partial charge on any atom is 0.164 e. The van der Waals surface area contributed by atoms with Crippen molar-refractivity contribution in [3.8, 4) is 51.0 Å². The molecule has 6 heteroatoms. The summed E-state index contributed by atoms with van der Waals surface area (Å²) in [6.45, 7) is 0. The zero-order valence-electron chi connectivity index (χ0n) is 32.3. The van der Waals surface area contributed by atoms with Crippen LogP contribution < -0.4 is 0 Å². The van der Waals surface area contributed by atoms with Gasteiger partial charge in [0.2, 0.25) is 0 Å². The summed E-state index contributed by atoms with van der Waals surface area (Å²) >= 11 is 0. The van der Waals surface area contributed by atoms with Gasteiger partial charge in [-0.05, 0) is 73.8 Å². The van der Waals surface area contributed by atoms with E-state index in [9.17, 15) is 0 Å². The van der Waals surface area contributed by atoms with Gasteiger partial charge in [-0.1, -0.05) is 182 Å². The Balaban J connectivity index is 1.10. The Kier molecular flexibility index (Phi) is 7.65. The van der Waals surface area contributed by atoms with Gasteiger partial charge in [0.15, 0.2) is 17.5 Å². The maximum absolute atomic E-state index is 5.38. The van der Waals surface area contributed by atoms with Gasteiger partial charge in [-0.15, -0.1) is 10.2 Å². The van der Waals surface area contributed by atoms with Crippen molar-refractivity contribution in [3.05, 3.63) is 229 Å². The minimum absolute atomic E-state index is 0.546. The van der Waals surface area contributed by atoms with Crippen LogP contribution in [0.2, 0.25) is 0 Å². The molecule has 0 amide bonds. The van der Waals surface area contributed by atoms with Crippen LogP contribution in [0.25, 0.3) is 83.6 Å². The number of aromatic nitrogens is 6. The average Bonchev–Trinajstić information content (AvgIpc) is 3.91. The summed E-state index contributed by atoms with van der Waals surface area (Å²) in [5.41, 5.74) is 12.0. The molecule has 1 aliphatic carbocycles. The molecule has 0 atom stereocenters. The Morgan fingerprint density at radius 3 is 1.72 bits per heavy atom. The van der Waals surface area contributed by atoms with Gasteiger partial charge in [-0.2, -0.15) is 4.80 Å². The summed E-state index contributed by atoms with van der Waals surface area (Å²) in [6, 6.07) is 72.3. The van der Waals surface area contributed by atoms with Crippen LogP contribution in [-0.2, 0) is 5.41 Å². The van der Waals surface area contributed by atoms with E-state index in [1.54, 1.807) is 4.80 Å². The van der Waals surface area contributed by atoms with Crippen LogP contribution in [0.1, 0.15) is 22.3 Å². The second-order valence-corrected chi connectivity index (χ2v) is 15.3. The lowest BCUT2D eigenvalue weighted by molar-refractivity contribution is 0.766. The molecule has 280 valence electrons. The fourth-order valence-corrected chi connectivity index (χ4v) is 9.35. The first-order chi connectivity index (χ1) is 29.7. The van der Waals surface area contributed by atoms with Crippen LogP contribution in [0.3, 0.4) is 0 Å². The molecule has 0 spiro atoms. The maximum atomic E-state index is 5.38. The fraction of sp³-hybridized carbons (Fsp3) is 0.0185. The molecular weight excluding hydrogens is 733 g/mol. The monoisotopic (exact) mass is 766 g/mol. The molecule has 2 aromatic heterocycles. The first-order valence-corrected chi connectivity index (χ1v) is 20.2. The lowest BCUT2D eigenvalue weighted by Gasteiger charge is -2.33. The summed E-state index contributed by atoms with van der Waals surface area (Å²) in [5.74, 6) is 1.83. The van der Waals surface area contributed by atoms with E-state index in [0.717, 1.165) is 60.5 Å². The summed E-state index contributed by atoms with van der Waals surface area (Å²) < 4.78 is 0. The zero-order chi connectivity index (χ0) is 39.6. The first-order valence-electron chi connectivity index (χ1n) is 20.2. The summed E-state index contributed by atoms with van der Waals surface area (Å²) in [4.78, 5) is 17.6. The van der Waals surface area contributed by atoms with Gasteiger partial charge in [0, 0.05) is 22.1 Å². The zero-order valence-corrected chi connectivity index (χ0v) is 32.3. The van der Waals surface area contributed by atoms with Crippen LogP contribution in [0, 0.1) is 0 Å². The van der Waals surface area contributed by atoms with E-state index >= 15 is 0 Å². The van der Waals surface area contributed by atoms with Crippen molar-refractivity contribution in [2.75, 3.05) is 0 Å². The number of hydrogen-bond acceptors (Lipinski definition) is 5. The Morgan fingerprint density at radius 2 is 0.967 bits per heavy atom. The molecule has 11 aromatic rings. The van der Waals surface area contributed by atoms with E-state index in [2.05, 4.69) is 152 Å². The van der Waals surface area contributed by atoms with Crippen molar-refractivity contribution in [2.24, 2.45) is 0 Å². The molecule has 0 radical (unpaired) electrons. The quantitative estimate of drug-likeness (QED) is 0.158. The van der Waals surface area contributed by atoms with Gasteiger partial charge in [0.1, 0.15) is 11.0 Å². The Hall–Kier alpha value is -8.09. The average molecular weight is 767 g/mol. The molecule has 12 rings (SSSR count). The van der Waals surface area contributed by atoms with Crippen LogP contribution in [-0.4, -0.2) is 29.9 Å². The normalized spacial score (nSPS) is 12.8. The van der Waals surface area contributed by atoms with Gasteiger partial charge < -0.3 is 0 Å². The van der Waals surface area contributed by atoms with E-state index in [1.165, 1.54) is 27.8 Å². The number of fused-ring (bicyclic) bond motifs is 8. The molecule has 60 heavy (non-hydrogen) atoms. The van der Waals surface area contributed by atoms with Gasteiger partial charge in [-0.25, -0.2) is 15.0 Å². The smallest absolute Gasteiger partial charge is 0.164 e. The van der Waals surface area contributed by atoms with E-state index in [0.29, 0.717) is 17.5 Å². The molecule has 0 aliphatic heterocycles. The highest BCUT2D eigenvalue weighted by molar-refractivity contribution is 6.18. The molecule has 2 heterocycles. The molecule has 0 N–H and O–H groups in total. The highest BCUT2D eigenvalue weighted by Gasteiger charge is 2.47. The van der Waals surface area contributed by atoms with Crippen molar-refractivity contribution in [2.45, 2.75) is 5.41 Å². The molecule has 1 aliphatic rings. The lowest BCUT2D eigenvalue weighted by Crippen LogP contribution is -2.28. The topological polar surface area (TPSA) is 69.4 Å². The minimum Gasteiger partial charge on any atom is -0.208 e. The molecule has 6 nitrogen and oxygen atoms in total. The predicted octanol–water partition coefficient (Wildman–Crippen LogP) is 12.3. The fourth-order valence-electron chi connectivity index (χ4n) is 9.35. The van der Waals surface area contributed by atoms with Crippen LogP contribution in [0.4, 0.5) is 0 Å². The molecule has 0 saturated carbocycles. The van der Waals surface area contributed by atoms with Crippen molar-refractivity contribution < 1.29 is 0 Å². The summed E-state index contributed by atoms with van der Waals surface area (Å²) in [5, 5.41) is 14.2. The number of nitrogens with zero attached hydrogens (tertiary/aromatic N) is 6. The van der Waals surface area contributed by atoms with Crippen molar-refractivity contribution in [1.29, 1.82) is 0 Å². The third-order valence-corrected chi connectivity index (χ3v) is 12.0. The standard InChI is InChI=1S/C54H34N6/c1-5-16-37(17-6-1)51-55-52(38-31-29-35-28-30-36-32-33-47-50(48(36)44(35)34-38)59-60(58-47)41-22-11-4-12-23-41)57-53(56-51)43-25-15-27-46-49(43)42-24-13-14-26-45(42)54(46,39-18-7-2-8-19-39)40-20-9-3-10-21-40/h1-34H. The molecule has 0 bridgehead atoms.